The predicted octanol–water partition coefficient (Wildman–Crippen LogP) is 3.38. The van der Waals surface area contributed by atoms with Crippen LogP contribution in [0.4, 0.5) is 0 Å². The summed E-state index contributed by atoms with van der Waals surface area (Å²) in [5.74, 6) is -2.08. The molecule has 2 heterocycles. The van der Waals surface area contributed by atoms with E-state index in [1.165, 1.54) is 19.1 Å². The Balaban J connectivity index is 1.66. The van der Waals surface area contributed by atoms with Gasteiger partial charge in [0, 0.05) is 36.9 Å². The van der Waals surface area contributed by atoms with E-state index in [2.05, 4.69) is 21.1 Å². The third kappa shape index (κ3) is 8.82. The number of Topliss-reactive ketones (excluding diaryl/α,β-unsaturated/α-hetero) is 1. The summed E-state index contributed by atoms with van der Waals surface area (Å²) in [6.07, 6.45) is 2.66. The molecule has 0 unspecified atom stereocenters. The number of methoxy groups -OCH3 is 1. The number of rotatable bonds is 11. The quantitative estimate of drug-likeness (QED) is 0.304. The van der Waals surface area contributed by atoms with Crippen LogP contribution in [0.5, 0.6) is 5.75 Å². The number of likely N-dealkylation sites (N-methyl/N-ethyl adjacent to an activating group) is 1. The highest BCUT2D eigenvalue weighted by molar-refractivity contribution is 6.38. The molecule has 47 heavy (non-hydrogen) atoms. The van der Waals surface area contributed by atoms with E-state index in [0.717, 1.165) is 12.8 Å². The third-order valence-corrected chi connectivity index (χ3v) is 8.99. The van der Waals surface area contributed by atoms with E-state index in [0.29, 0.717) is 28.5 Å². The highest BCUT2D eigenvalue weighted by Crippen LogP contribution is 2.42. The molecule has 1 aromatic carbocycles. The lowest BCUT2D eigenvalue weighted by Crippen LogP contribution is -2.59. The van der Waals surface area contributed by atoms with Gasteiger partial charge in [0.05, 0.1) is 25.4 Å². The monoisotopic (exact) mass is 673 g/mol. The summed E-state index contributed by atoms with van der Waals surface area (Å²) >= 11 is 6.29. The summed E-state index contributed by atoms with van der Waals surface area (Å²) in [5.41, 5.74) is -0.918. The van der Waals surface area contributed by atoms with E-state index in [4.69, 9.17) is 21.2 Å². The van der Waals surface area contributed by atoms with Gasteiger partial charge in [-0.1, -0.05) is 71.1 Å². The van der Waals surface area contributed by atoms with E-state index in [1.54, 1.807) is 18.2 Å². The average Bonchev–Trinajstić information content (AvgIpc) is 3.58. The first-order valence-corrected chi connectivity index (χ1v) is 16.5. The molecule has 13 heteroatoms. The molecule has 1 saturated carbocycles. The number of hydrogen-bond acceptors (Lipinski definition) is 8. The topological polar surface area (TPSA) is 156 Å². The number of carbonyl (C=O) groups is 5. The van der Waals surface area contributed by atoms with Crippen molar-refractivity contribution in [1.82, 2.24) is 20.9 Å². The molecule has 1 aromatic rings. The molecular formula is C34H48ClN5O7. The van der Waals surface area contributed by atoms with Crippen LogP contribution in [0.2, 0.25) is 5.02 Å². The molecule has 1 spiro atoms. The van der Waals surface area contributed by atoms with Crippen molar-refractivity contribution in [2.75, 3.05) is 20.7 Å². The van der Waals surface area contributed by atoms with Crippen molar-refractivity contribution in [1.29, 1.82) is 0 Å². The molecule has 2 aliphatic heterocycles. The van der Waals surface area contributed by atoms with Crippen LogP contribution in [0.15, 0.2) is 23.4 Å². The lowest BCUT2D eigenvalue weighted by atomic mass is 9.84. The molecule has 4 atom stereocenters. The fourth-order valence-electron chi connectivity index (χ4n) is 6.16. The molecule has 0 aromatic heterocycles. The fraction of sp³-hybridized carbons (Fsp3) is 0.647. The van der Waals surface area contributed by atoms with Crippen LogP contribution in [0.25, 0.3) is 0 Å². The number of ketones is 1. The molecule has 0 radical (unpaired) electrons. The lowest BCUT2D eigenvalue weighted by molar-refractivity contribution is -0.145. The third-order valence-electron chi connectivity index (χ3n) is 8.76. The number of benzene rings is 1. The summed E-state index contributed by atoms with van der Waals surface area (Å²) in [5, 5.41) is 12.9. The zero-order valence-electron chi connectivity index (χ0n) is 28.6. The molecule has 4 rings (SSSR count). The normalized spacial score (nSPS) is 22.2. The zero-order chi connectivity index (χ0) is 34.9. The number of carbonyl (C=O) groups excluding carboxylic acids is 5. The van der Waals surface area contributed by atoms with E-state index in [9.17, 15) is 24.0 Å². The molecule has 3 aliphatic rings. The van der Waals surface area contributed by atoms with Gasteiger partial charge < -0.3 is 30.4 Å². The van der Waals surface area contributed by atoms with Gasteiger partial charge in [0.25, 0.3) is 5.91 Å². The van der Waals surface area contributed by atoms with Crippen LogP contribution >= 0.6 is 11.6 Å². The molecule has 4 amide bonds. The first-order chi connectivity index (χ1) is 21.9. The largest absolute Gasteiger partial charge is 0.496 e. The number of oxime groups is 1. The van der Waals surface area contributed by atoms with Gasteiger partial charge in [-0.3, -0.25) is 24.0 Å². The van der Waals surface area contributed by atoms with Gasteiger partial charge in [-0.2, -0.15) is 0 Å². The molecule has 2 fully saturated rings. The number of hydrogen-bond donors (Lipinski definition) is 3. The van der Waals surface area contributed by atoms with Crippen molar-refractivity contribution in [2.24, 2.45) is 21.9 Å². The Morgan fingerprint density at radius 3 is 2.36 bits per heavy atom. The van der Waals surface area contributed by atoms with Crippen molar-refractivity contribution in [3.8, 4) is 5.75 Å². The van der Waals surface area contributed by atoms with Gasteiger partial charge in [0.15, 0.2) is 5.60 Å². The summed E-state index contributed by atoms with van der Waals surface area (Å²) < 4.78 is 5.53. The van der Waals surface area contributed by atoms with Gasteiger partial charge in [-0.05, 0) is 41.4 Å². The number of amides is 4. The van der Waals surface area contributed by atoms with Gasteiger partial charge in [-0.15, -0.1) is 0 Å². The average molecular weight is 674 g/mol. The highest BCUT2D eigenvalue weighted by Gasteiger charge is 2.56. The summed E-state index contributed by atoms with van der Waals surface area (Å²) in [4.78, 5) is 74.5. The second-order valence-corrected chi connectivity index (χ2v) is 15.7. The maximum atomic E-state index is 14.5. The summed E-state index contributed by atoms with van der Waals surface area (Å²) in [7, 11) is 2.90. The van der Waals surface area contributed by atoms with Crippen molar-refractivity contribution >= 4 is 46.7 Å². The SMILES string of the molecule is CNC(=O)C(=O)[C@H](CC1CC1)NC(=O)[C@@H]1C[C@]2(CC(c3cc(Cl)ccc3OC)=NO2)CN1C(=O)[C@@H](NC(=O)CC(C)(C)C)C(C)(C)C. The molecule has 0 bridgehead atoms. The molecule has 1 aliphatic carbocycles. The Morgan fingerprint density at radius 1 is 1.11 bits per heavy atom. The summed E-state index contributed by atoms with van der Waals surface area (Å²) in [6.45, 7) is 11.4. The maximum absolute atomic E-state index is 14.5. The number of halogens is 1. The van der Waals surface area contributed by atoms with Gasteiger partial charge in [0.2, 0.25) is 23.5 Å². The molecule has 258 valence electrons. The smallest absolute Gasteiger partial charge is 0.289 e. The van der Waals surface area contributed by atoms with E-state index >= 15 is 0 Å². The van der Waals surface area contributed by atoms with Crippen molar-refractivity contribution < 1.29 is 33.5 Å². The number of likely N-dealkylation sites (tertiary alicyclic amines) is 1. The molecule has 1 saturated heterocycles. The van der Waals surface area contributed by atoms with Crippen molar-refractivity contribution in [3.63, 3.8) is 0 Å². The van der Waals surface area contributed by atoms with Crippen LogP contribution < -0.4 is 20.7 Å². The number of nitrogens with zero attached hydrogens (tertiary/aromatic N) is 2. The minimum atomic E-state index is -1.07. The Labute approximate surface area is 281 Å². The van der Waals surface area contributed by atoms with E-state index in [1.807, 2.05) is 41.5 Å². The Hall–Kier alpha value is -3.67. The predicted molar refractivity (Wildman–Crippen MR) is 177 cm³/mol. The zero-order valence-corrected chi connectivity index (χ0v) is 29.4. The van der Waals surface area contributed by atoms with Crippen LogP contribution in [0.3, 0.4) is 0 Å². The van der Waals surface area contributed by atoms with Crippen LogP contribution in [-0.2, 0) is 28.8 Å². The second-order valence-electron chi connectivity index (χ2n) is 15.3. The Morgan fingerprint density at radius 2 is 1.79 bits per heavy atom. The van der Waals surface area contributed by atoms with Crippen LogP contribution in [0.1, 0.15) is 85.6 Å². The fourth-order valence-corrected chi connectivity index (χ4v) is 6.33. The first kappa shape index (κ1) is 36.2. The van der Waals surface area contributed by atoms with Gasteiger partial charge in [-0.25, -0.2) is 0 Å². The molecule has 3 N–H and O–H groups in total. The van der Waals surface area contributed by atoms with Gasteiger partial charge >= 0.3 is 0 Å². The maximum Gasteiger partial charge on any atom is 0.289 e. The molecule has 12 nitrogen and oxygen atoms in total. The Kier molecular flexibility index (Phi) is 10.6. The van der Waals surface area contributed by atoms with Crippen LogP contribution in [0, 0.1) is 16.7 Å². The lowest BCUT2D eigenvalue weighted by Gasteiger charge is -2.36. The van der Waals surface area contributed by atoms with Crippen LogP contribution in [-0.4, -0.2) is 84.5 Å². The minimum absolute atomic E-state index is 0.00178. The standard InChI is InChI=1S/C34H48ClN5O7/c1-32(2,3)17-26(41)38-28(33(4,5)6)31(45)40-18-34(15-23(39-47-34)21-14-20(35)11-12-25(21)46-8)16-24(40)29(43)37-22(13-19-9-10-19)27(42)30(44)36-7/h11-12,14,19,22,24,28H,9-10,13,15-18H2,1-8H3,(H,36,44)(H,37,43)(H,38,41)/t22-,24-,28+,34+/m0/s1. The Bertz CT molecular complexity index is 1440. The van der Waals surface area contributed by atoms with Gasteiger partial charge in [0.1, 0.15) is 17.8 Å². The number of ether oxygens (including phenoxy) is 1. The molecular weight excluding hydrogens is 626 g/mol. The first-order valence-electron chi connectivity index (χ1n) is 16.1. The van der Waals surface area contributed by atoms with E-state index < -0.39 is 52.6 Å². The number of nitrogens with one attached hydrogen (secondary N) is 3. The summed E-state index contributed by atoms with van der Waals surface area (Å²) in [6, 6.07) is 2.07. The minimum Gasteiger partial charge on any atom is -0.496 e. The highest BCUT2D eigenvalue weighted by atomic mass is 35.5. The van der Waals surface area contributed by atoms with Crippen molar-refractivity contribution in [3.05, 3.63) is 28.8 Å². The second kappa shape index (κ2) is 13.8. The van der Waals surface area contributed by atoms with Crippen molar-refractivity contribution in [2.45, 2.75) is 104 Å². The van der Waals surface area contributed by atoms with E-state index in [-0.39, 0.29) is 43.0 Å².